The summed E-state index contributed by atoms with van der Waals surface area (Å²) in [4.78, 5) is 46.2. The highest BCUT2D eigenvalue weighted by Gasteiger charge is 2.51. The Hall–Kier alpha value is -1.29. The van der Waals surface area contributed by atoms with Gasteiger partial charge in [0.2, 0.25) is 0 Å². The van der Waals surface area contributed by atoms with Gasteiger partial charge >= 0.3 is 17.9 Å². The standard InChI is InChI=1S/C14H18Cl3NO8/c1-5-9(24-6(2)19)10(25-7(3)20)11(26-8(4)21)12(23-5)18-13(22)14(15,16)17/h5,9-12H,1-4H3,(H,18,22)/t5?,9-,10?,11?,12+/m0/s1. The molecule has 0 aromatic heterocycles. The lowest BCUT2D eigenvalue weighted by Crippen LogP contribution is -2.65. The zero-order valence-corrected chi connectivity index (χ0v) is 16.6. The minimum atomic E-state index is -2.31. The van der Waals surface area contributed by atoms with Crippen LogP contribution in [0.15, 0.2) is 0 Å². The van der Waals surface area contributed by atoms with Crippen LogP contribution in [0.2, 0.25) is 0 Å². The summed E-state index contributed by atoms with van der Waals surface area (Å²) in [5.41, 5.74) is 0. The second-order valence-corrected chi connectivity index (χ2v) is 7.74. The molecule has 1 aliphatic rings. The molecule has 1 amide bonds. The molecular formula is C14H18Cl3NO8. The van der Waals surface area contributed by atoms with E-state index in [4.69, 9.17) is 53.8 Å². The smallest absolute Gasteiger partial charge is 0.303 e. The average molecular weight is 435 g/mol. The Morgan fingerprint density at radius 1 is 0.846 bits per heavy atom. The highest BCUT2D eigenvalue weighted by molar-refractivity contribution is 6.76. The van der Waals surface area contributed by atoms with Crippen LogP contribution in [0.4, 0.5) is 0 Å². The summed E-state index contributed by atoms with van der Waals surface area (Å²) < 4.78 is 18.6. The van der Waals surface area contributed by atoms with Crippen molar-refractivity contribution in [1.29, 1.82) is 0 Å². The molecule has 0 aromatic carbocycles. The molecule has 9 nitrogen and oxygen atoms in total. The van der Waals surface area contributed by atoms with Crippen molar-refractivity contribution in [2.45, 2.75) is 62.1 Å². The first kappa shape index (κ1) is 22.8. The van der Waals surface area contributed by atoms with Crippen LogP contribution in [0.5, 0.6) is 0 Å². The van der Waals surface area contributed by atoms with Gasteiger partial charge in [-0.3, -0.25) is 19.2 Å². The Balaban J connectivity index is 3.21. The minimum Gasteiger partial charge on any atom is -0.456 e. The number of amides is 1. The average Bonchev–Trinajstić information content (AvgIpc) is 2.44. The molecular weight excluding hydrogens is 417 g/mol. The van der Waals surface area contributed by atoms with Crippen LogP contribution in [0.1, 0.15) is 27.7 Å². The first-order chi connectivity index (χ1) is 11.8. The SMILES string of the molecule is CC(=O)OC1C(OC(C)=O)[C@H](NC(=O)C(Cl)(Cl)Cl)OC(C)[C@@H]1OC(C)=O. The normalized spacial score (nSPS) is 28.7. The van der Waals surface area contributed by atoms with E-state index in [-0.39, 0.29) is 0 Å². The molecule has 12 heteroatoms. The van der Waals surface area contributed by atoms with Crippen molar-refractivity contribution in [2.75, 3.05) is 0 Å². The van der Waals surface area contributed by atoms with Crippen LogP contribution < -0.4 is 5.32 Å². The maximum Gasteiger partial charge on any atom is 0.303 e. The van der Waals surface area contributed by atoms with E-state index in [9.17, 15) is 19.2 Å². The van der Waals surface area contributed by atoms with Crippen LogP contribution in [0.25, 0.3) is 0 Å². The molecule has 1 fully saturated rings. The first-order valence-electron chi connectivity index (χ1n) is 7.37. The lowest BCUT2D eigenvalue weighted by atomic mass is 9.98. The highest BCUT2D eigenvalue weighted by Crippen LogP contribution is 2.30. The molecule has 5 atom stereocenters. The number of hydrogen-bond donors (Lipinski definition) is 1. The highest BCUT2D eigenvalue weighted by atomic mass is 35.6. The Morgan fingerprint density at radius 3 is 1.69 bits per heavy atom. The number of rotatable bonds is 4. The van der Waals surface area contributed by atoms with E-state index in [2.05, 4.69) is 5.32 Å². The van der Waals surface area contributed by atoms with Crippen molar-refractivity contribution in [2.24, 2.45) is 0 Å². The van der Waals surface area contributed by atoms with Crippen molar-refractivity contribution < 1.29 is 38.1 Å². The minimum absolute atomic E-state index is 0.673. The van der Waals surface area contributed by atoms with Crippen molar-refractivity contribution in [3.63, 3.8) is 0 Å². The molecule has 1 aliphatic heterocycles. The molecule has 0 radical (unpaired) electrons. The van der Waals surface area contributed by atoms with Crippen LogP contribution >= 0.6 is 34.8 Å². The van der Waals surface area contributed by atoms with Crippen LogP contribution in [-0.4, -0.2) is 58.3 Å². The molecule has 1 heterocycles. The van der Waals surface area contributed by atoms with Gasteiger partial charge in [0.05, 0.1) is 6.10 Å². The van der Waals surface area contributed by atoms with Crippen molar-refractivity contribution in [1.82, 2.24) is 5.32 Å². The van der Waals surface area contributed by atoms with Gasteiger partial charge in [0, 0.05) is 20.8 Å². The number of carbonyl (C=O) groups is 4. The summed E-state index contributed by atoms with van der Waals surface area (Å²) in [6, 6.07) is 0. The molecule has 1 N–H and O–H groups in total. The van der Waals surface area contributed by atoms with E-state index in [1.165, 1.54) is 6.92 Å². The third-order valence-electron chi connectivity index (χ3n) is 3.21. The Kier molecular flexibility index (Phi) is 7.94. The predicted octanol–water partition coefficient (Wildman–Crippen LogP) is 1.01. The zero-order chi connectivity index (χ0) is 20.2. The first-order valence-corrected chi connectivity index (χ1v) is 8.51. The molecule has 1 saturated heterocycles. The Morgan fingerprint density at radius 2 is 1.27 bits per heavy atom. The van der Waals surface area contributed by atoms with E-state index >= 15 is 0 Å². The number of ether oxygens (including phenoxy) is 4. The Labute approximate surface area is 164 Å². The van der Waals surface area contributed by atoms with Gasteiger partial charge in [-0.15, -0.1) is 0 Å². The maximum absolute atomic E-state index is 11.9. The third kappa shape index (κ3) is 6.46. The lowest BCUT2D eigenvalue weighted by Gasteiger charge is -2.43. The molecule has 148 valence electrons. The third-order valence-corrected chi connectivity index (χ3v) is 3.72. The van der Waals surface area contributed by atoms with Gasteiger partial charge in [0.25, 0.3) is 9.70 Å². The van der Waals surface area contributed by atoms with Gasteiger partial charge < -0.3 is 24.3 Å². The van der Waals surface area contributed by atoms with Crippen LogP contribution in [0, 0.1) is 0 Å². The van der Waals surface area contributed by atoms with Crippen molar-refractivity contribution >= 4 is 58.6 Å². The number of alkyl halides is 3. The number of carbonyl (C=O) groups excluding carboxylic acids is 4. The van der Waals surface area contributed by atoms with E-state index in [1.807, 2.05) is 0 Å². The Bertz CT molecular complexity index is 579. The fourth-order valence-corrected chi connectivity index (χ4v) is 2.50. The number of hydrogen-bond acceptors (Lipinski definition) is 8. The van der Waals surface area contributed by atoms with Gasteiger partial charge in [-0.05, 0) is 6.92 Å². The quantitative estimate of drug-likeness (QED) is 0.396. The van der Waals surface area contributed by atoms with E-state index < -0.39 is 58.3 Å². The largest absolute Gasteiger partial charge is 0.456 e. The summed E-state index contributed by atoms with van der Waals surface area (Å²) in [6.07, 6.45) is -5.89. The lowest BCUT2D eigenvalue weighted by molar-refractivity contribution is -0.248. The van der Waals surface area contributed by atoms with Gasteiger partial charge in [-0.25, -0.2) is 0 Å². The maximum atomic E-state index is 11.9. The molecule has 0 aliphatic carbocycles. The van der Waals surface area contributed by atoms with Gasteiger partial charge in [0.15, 0.2) is 24.5 Å². The van der Waals surface area contributed by atoms with Crippen LogP contribution in [0.3, 0.4) is 0 Å². The summed E-state index contributed by atoms with van der Waals surface area (Å²) in [5, 5.41) is 2.26. The molecule has 3 unspecified atom stereocenters. The van der Waals surface area contributed by atoms with Crippen LogP contribution in [-0.2, 0) is 38.1 Å². The molecule has 0 aromatic rings. The van der Waals surface area contributed by atoms with E-state index in [0.29, 0.717) is 0 Å². The van der Waals surface area contributed by atoms with Crippen molar-refractivity contribution in [3.8, 4) is 0 Å². The fourth-order valence-electron chi connectivity index (χ4n) is 2.34. The topological polar surface area (TPSA) is 117 Å². The monoisotopic (exact) mass is 433 g/mol. The molecule has 1 rings (SSSR count). The van der Waals surface area contributed by atoms with E-state index in [1.54, 1.807) is 0 Å². The molecule has 0 bridgehead atoms. The molecule has 0 saturated carbocycles. The second kappa shape index (κ2) is 9.07. The van der Waals surface area contributed by atoms with Gasteiger partial charge in [0.1, 0.15) is 0 Å². The van der Waals surface area contributed by atoms with Gasteiger partial charge in [-0.1, -0.05) is 34.8 Å². The van der Waals surface area contributed by atoms with Gasteiger partial charge in [-0.2, -0.15) is 0 Å². The number of esters is 3. The van der Waals surface area contributed by atoms with E-state index in [0.717, 1.165) is 20.8 Å². The summed E-state index contributed by atoms with van der Waals surface area (Å²) in [6.45, 7) is 4.86. The summed E-state index contributed by atoms with van der Waals surface area (Å²) >= 11 is 16.5. The molecule has 26 heavy (non-hydrogen) atoms. The second-order valence-electron chi connectivity index (χ2n) is 5.46. The molecule has 0 spiro atoms. The summed E-state index contributed by atoms with van der Waals surface area (Å²) in [5.74, 6) is -3.22. The fraction of sp³-hybridized carbons (Fsp3) is 0.714. The zero-order valence-electron chi connectivity index (χ0n) is 14.3. The number of nitrogens with one attached hydrogen (secondary N) is 1. The predicted molar refractivity (Wildman–Crippen MR) is 89.4 cm³/mol. The summed E-state index contributed by atoms with van der Waals surface area (Å²) in [7, 11) is 0. The van der Waals surface area contributed by atoms with Crippen molar-refractivity contribution in [3.05, 3.63) is 0 Å². The number of halogens is 3.